The second kappa shape index (κ2) is 8.52. The molecule has 2 amide bonds. The average molecular weight is 438 g/mol. The third-order valence-electron chi connectivity index (χ3n) is 4.51. The van der Waals surface area contributed by atoms with Gasteiger partial charge in [0.15, 0.2) is 0 Å². The van der Waals surface area contributed by atoms with Gasteiger partial charge in [-0.3, -0.25) is 14.9 Å². The van der Waals surface area contributed by atoms with Gasteiger partial charge >= 0.3 is 0 Å². The third-order valence-corrected chi connectivity index (χ3v) is 5.64. The fourth-order valence-corrected chi connectivity index (χ4v) is 3.93. The fraction of sp³-hybridized carbons (Fsp3) is 0.0455. The van der Waals surface area contributed by atoms with Crippen molar-refractivity contribution < 1.29 is 14.1 Å². The van der Waals surface area contributed by atoms with Gasteiger partial charge < -0.3 is 10.3 Å². The highest BCUT2D eigenvalue weighted by Crippen LogP contribution is 2.40. The number of alkyl halides is 1. The van der Waals surface area contributed by atoms with E-state index in [0.29, 0.717) is 22.4 Å². The SMILES string of the molecule is NC(=O)c1ccccc1-c1c(-c2ccsc2)noc1NC(=O)C(Cl)c1ccccc1. The molecule has 0 bridgehead atoms. The summed E-state index contributed by atoms with van der Waals surface area (Å²) in [4.78, 5) is 24.8. The van der Waals surface area contributed by atoms with E-state index >= 15 is 0 Å². The molecule has 0 radical (unpaired) electrons. The lowest BCUT2D eigenvalue weighted by molar-refractivity contribution is -0.116. The smallest absolute Gasteiger partial charge is 0.249 e. The van der Waals surface area contributed by atoms with Gasteiger partial charge in [-0.2, -0.15) is 11.3 Å². The average Bonchev–Trinajstić information content (AvgIpc) is 3.43. The molecule has 8 heteroatoms. The number of primary amides is 1. The molecular formula is C22H16ClN3O3S. The lowest BCUT2D eigenvalue weighted by atomic mass is 9.97. The second-order valence-electron chi connectivity index (χ2n) is 6.42. The van der Waals surface area contributed by atoms with Crippen LogP contribution in [0, 0.1) is 0 Å². The molecule has 4 rings (SSSR count). The first-order valence-electron chi connectivity index (χ1n) is 8.97. The number of hydrogen-bond donors (Lipinski definition) is 2. The molecule has 2 aromatic heterocycles. The Bertz CT molecular complexity index is 1190. The number of amides is 2. The van der Waals surface area contributed by atoms with Gasteiger partial charge in [0.25, 0.3) is 0 Å². The fourth-order valence-electron chi connectivity index (χ4n) is 3.09. The standard InChI is InChI=1S/C22H16ClN3O3S/c23-18(13-6-2-1-3-7-13)21(28)25-22-17(15-8-4-5-9-16(15)20(24)27)19(26-29-22)14-10-11-30-12-14/h1-12,18H,(H2,24,27)(H,25,28). The van der Waals surface area contributed by atoms with E-state index in [0.717, 1.165) is 5.56 Å². The number of benzene rings is 2. The Labute approximate surface area is 181 Å². The predicted octanol–water partition coefficient (Wildman–Crippen LogP) is 5.09. The number of nitrogens with one attached hydrogen (secondary N) is 1. The molecule has 2 heterocycles. The zero-order chi connectivity index (χ0) is 21.1. The largest absolute Gasteiger partial charge is 0.366 e. The van der Waals surface area contributed by atoms with Crippen LogP contribution in [-0.4, -0.2) is 17.0 Å². The zero-order valence-corrected chi connectivity index (χ0v) is 17.1. The minimum atomic E-state index is -0.930. The Morgan fingerprint density at radius 2 is 1.80 bits per heavy atom. The Kier molecular flexibility index (Phi) is 5.65. The van der Waals surface area contributed by atoms with Crippen LogP contribution >= 0.6 is 22.9 Å². The highest BCUT2D eigenvalue weighted by molar-refractivity contribution is 7.08. The van der Waals surface area contributed by atoms with Crippen molar-refractivity contribution in [1.82, 2.24) is 5.16 Å². The molecule has 0 aliphatic rings. The molecule has 0 spiro atoms. The number of anilines is 1. The van der Waals surface area contributed by atoms with Crippen molar-refractivity contribution in [3.05, 3.63) is 82.6 Å². The first-order chi connectivity index (χ1) is 14.6. The second-order valence-corrected chi connectivity index (χ2v) is 7.64. The molecule has 6 nitrogen and oxygen atoms in total. The Morgan fingerprint density at radius 1 is 1.07 bits per heavy atom. The van der Waals surface area contributed by atoms with E-state index < -0.39 is 17.2 Å². The van der Waals surface area contributed by atoms with E-state index in [-0.39, 0.29) is 11.4 Å². The van der Waals surface area contributed by atoms with Crippen LogP contribution in [0.4, 0.5) is 5.88 Å². The van der Waals surface area contributed by atoms with Gasteiger partial charge in [0, 0.05) is 22.1 Å². The topological polar surface area (TPSA) is 98.2 Å². The minimum Gasteiger partial charge on any atom is -0.366 e. The molecule has 1 unspecified atom stereocenters. The highest BCUT2D eigenvalue weighted by atomic mass is 35.5. The van der Waals surface area contributed by atoms with Crippen LogP contribution in [0.5, 0.6) is 0 Å². The number of carbonyl (C=O) groups excluding carboxylic acids is 2. The molecule has 0 saturated heterocycles. The number of nitrogens with two attached hydrogens (primary N) is 1. The van der Waals surface area contributed by atoms with Gasteiger partial charge in [-0.05, 0) is 23.1 Å². The van der Waals surface area contributed by atoms with Crippen molar-refractivity contribution in [3.8, 4) is 22.4 Å². The summed E-state index contributed by atoms with van der Waals surface area (Å²) in [6.45, 7) is 0. The summed E-state index contributed by atoms with van der Waals surface area (Å²) < 4.78 is 5.48. The molecule has 4 aromatic rings. The quantitative estimate of drug-likeness (QED) is 0.410. The molecule has 30 heavy (non-hydrogen) atoms. The predicted molar refractivity (Wildman–Crippen MR) is 117 cm³/mol. The maximum Gasteiger partial charge on any atom is 0.249 e. The highest BCUT2D eigenvalue weighted by Gasteiger charge is 2.26. The molecular weight excluding hydrogens is 422 g/mol. The first kappa shape index (κ1) is 19.9. The number of thiophene rings is 1. The molecule has 0 saturated carbocycles. The van der Waals surface area contributed by atoms with E-state index in [2.05, 4.69) is 10.5 Å². The van der Waals surface area contributed by atoms with Crippen molar-refractivity contribution in [2.45, 2.75) is 5.38 Å². The van der Waals surface area contributed by atoms with Gasteiger partial charge in [0.1, 0.15) is 11.1 Å². The van der Waals surface area contributed by atoms with Crippen LogP contribution in [0.3, 0.4) is 0 Å². The molecule has 0 aliphatic heterocycles. The molecule has 1 atom stereocenters. The first-order valence-corrected chi connectivity index (χ1v) is 10.4. The zero-order valence-electron chi connectivity index (χ0n) is 15.5. The summed E-state index contributed by atoms with van der Waals surface area (Å²) in [6, 6.07) is 17.7. The number of rotatable bonds is 6. The Balaban J connectivity index is 1.78. The van der Waals surface area contributed by atoms with E-state index in [1.165, 1.54) is 11.3 Å². The summed E-state index contributed by atoms with van der Waals surface area (Å²) in [5.74, 6) is -0.981. The van der Waals surface area contributed by atoms with Crippen molar-refractivity contribution in [3.63, 3.8) is 0 Å². The van der Waals surface area contributed by atoms with Gasteiger partial charge in [-0.25, -0.2) is 0 Å². The van der Waals surface area contributed by atoms with Gasteiger partial charge in [0.2, 0.25) is 17.7 Å². The van der Waals surface area contributed by atoms with Crippen LogP contribution in [0.2, 0.25) is 0 Å². The normalized spacial score (nSPS) is 11.8. The summed E-state index contributed by atoms with van der Waals surface area (Å²) in [6.07, 6.45) is 0. The van der Waals surface area contributed by atoms with E-state index in [1.54, 1.807) is 48.5 Å². The van der Waals surface area contributed by atoms with Crippen molar-refractivity contribution in [2.75, 3.05) is 5.32 Å². The molecule has 150 valence electrons. The number of aromatic nitrogens is 1. The summed E-state index contributed by atoms with van der Waals surface area (Å²) in [5, 5.41) is 9.71. The van der Waals surface area contributed by atoms with E-state index in [4.69, 9.17) is 21.9 Å². The van der Waals surface area contributed by atoms with Crippen molar-refractivity contribution >= 4 is 40.6 Å². The number of carbonyl (C=O) groups is 2. The minimum absolute atomic E-state index is 0.0940. The molecule has 3 N–H and O–H groups in total. The molecule has 0 aliphatic carbocycles. The van der Waals surface area contributed by atoms with E-state index in [9.17, 15) is 9.59 Å². The maximum absolute atomic E-state index is 12.8. The van der Waals surface area contributed by atoms with E-state index in [1.807, 2.05) is 22.9 Å². The number of hydrogen-bond acceptors (Lipinski definition) is 5. The maximum atomic E-state index is 12.8. The van der Waals surface area contributed by atoms with Crippen LogP contribution in [0.15, 0.2) is 75.9 Å². The third kappa shape index (κ3) is 3.85. The Morgan fingerprint density at radius 3 is 2.50 bits per heavy atom. The van der Waals surface area contributed by atoms with Crippen LogP contribution in [-0.2, 0) is 4.79 Å². The van der Waals surface area contributed by atoms with Gasteiger partial charge in [0.05, 0.1) is 5.56 Å². The summed E-state index contributed by atoms with van der Waals surface area (Å²) >= 11 is 7.84. The summed E-state index contributed by atoms with van der Waals surface area (Å²) in [5.41, 5.74) is 8.77. The lowest BCUT2D eigenvalue weighted by Crippen LogP contribution is -2.18. The monoisotopic (exact) mass is 437 g/mol. The molecule has 2 aromatic carbocycles. The van der Waals surface area contributed by atoms with Crippen LogP contribution in [0.25, 0.3) is 22.4 Å². The van der Waals surface area contributed by atoms with Crippen molar-refractivity contribution in [1.29, 1.82) is 0 Å². The Hall–Kier alpha value is -3.42. The lowest BCUT2D eigenvalue weighted by Gasteiger charge is -2.11. The van der Waals surface area contributed by atoms with Crippen LogP contribution in [0.1, 0.15) is 21.3 Å². The van der Waals surface area contributed by atoms with Crippen molar-refractivity contribution in [2.24, 2.45) is 5.73 Å². The molecule has 0 fully saturated rings. The van der Waals surface area contributed by atoms with Crippen LogP contribution < -0.4 is 11.1 Å². The summed E-state index contributed by atoms with van der Waals surface area (Å²) in [7, 11) is 0. The number of halogens is 1. The number of nitrogens with zero attached hydrogens (tertiary/aromatic N) is 1. The van der Waals surface area contributed by atoms with Gasteiger partial charge in [-0.15, -0.1) is 11.6 Å². The van der Waals surface area contributed by atoms with Gasteiger partial charge in [-0.1, -0.05) is 53.7 Å².